The highest BCUT2D eigenvalue weighted by atomic mass is 32.1. The van der Waals surface area contributed by atoms with Crippen LogP contribution in [-0.2, 0) is 6.54 Å². The Labute approximate surface area is 105 Å². The van der Waals surface area contributed by atoms with Crippen molar-refractivity contribution in [3.05, 3.63) is 29.3 Å². The smallest absolute Gasteiger partial charge is 0.108 e. The zero-order valence-corrected chi connectivity index (χ0v) is 10.5. The van der Waals surface area contributed by atoms with Crippen molar-refractivity contribution < 1.29 is 5.11 Å². The van der Waals surface area contributed by atoms with E-state index in [2.05, 4.69) is 16.4 Å². The number of fused-ring (bicyclic) bond motifs is 1. The maximum Gasteiger partial charge on any atom is 0.108 e. The summed E-state index contributed by atoms with van der Waals surface area (Å²) in [5, 5.41) is 14.3. The second kappa shape index (κ2) is 4.37. The number of aliphatic hydroxyl groups is 1. The van der Waals surface area contributed by atoms with Crippen molar-refractivity contribution in [1.29, 1.82) is 0 Å². The summed E-state index contributed by atoms with van der Waals surface area (Å²) in [4.78, 5) is 4.55. The highest BCUT2D eigenvalue weighted by Gasteiger charge is 2.33. The third-order valence-corrected chi connectivity index (χ3v) is 4.39. The molecule has 0 spiro atoms. The minimum absolute atomic E-state index is 0.448. The van der Waals surface area contributed by atoms with E-state index in [0.29, 0.717) is 6.54 Å². The van der Waals surface area contributed by atoms with Gasteiger partial charge in [0.2, 0.25) is 0 Å². The quantitative estimate of drug-likeness (QED) is 0.872. The highest BCUT2D eigenvalue weighted by molar-refractivity contribution is 7.18. The molecule has 2 N–H and O–H groups in total. The Bertz CT molecular complexity index is 486. The van der Waals surface area contributed by atoms with E-state index in [9.17, 15) is 5.11 Å². The number of benzene rings is 1. The number of nitrogens with one attached hydrogen (secondary N) is 1. The van der Waals surface area contributed by atoms with Crippen LogP contribution in [0, 0.1) is 0 Å². The molecule has 3 rings (SSSR count). The Morgan fingerprint density at radius 1 is 1.35 bits per heavy atom. The zero-order chi connectivity index (χ0) is 11.7. The molecule has 0 bridgehead atoms. The number of para-hydroxylation sites is 1. The number of hydrogen-bond acceptors (Lipinski definition) is 4. The zero-order valence-electron chi connectivity index (χ0n) is 9.65. The summed E-state index contributed by atoms with van der Waals surface area (Å²) in [7, 11) is 0. The van der Waals surface area contributed by atoms with Crippen LogP contribution in [0.4, 0.5) is 0 Å². The van der Waals surface area contributed by atoms with Gasteiger partial charge in [0.15, 0.2) is 0 Å². The topological polar surface area (TPSA) is 45.1 Å². The van der Waals surface area contributed by atoms with Crippen LogP contribution in [-0.4, -0.2) is 22.2 Å². The molecule has 0 amide bonds. The summed E-state index contributed by atoms with van der Waals surface area (Å²) in [5.74, 6) is 0. The van der Waals surface area contributed by atoms with Crippen molar-refractivity contribution in [1.82, 2.24) is 10.3 Å². The van der Waals surface area contributed by atoms with Gasteiger partial charge >= 0.3 is 0 Å². The summed E-state index contributed by atoms with van der Waals surface area (Å²) >= 11 is 1.72. The predicted molar refractivity (Wildman–Crippen MR) is 70.1 cm³/mol. The predicted octanol–water partition coefficient (Wildman–Crippen LogP) is 2.30. The van der Waals surface area contributed by atoms with Crippen molar-refractivity contribution in [3.8, 4) is 0 Å². The van der Waals surface area contributed by atoms with E-state index in [1.54, 1.807) is 11.3 Å². The molecule has 0 atom stereocenters. The van der Waals surface area contributed by atoms with E-state index in [1.807, 2.05) is 18.2 Å². The first-order chi connectivity index (χ1) is 8.25. The lowest BCUT2D eigenvalue weighted by Gasteiger charge is -2.36. The molecule has 1 aliphatic carbocycles. The molecule has 1 fully saturated rings. The largest absolute Gasteiger partial charge is 0.389 e. The SMILES string of the molecule is OC1(CNCc2nc3ccccc3s2)CCC1. The van der Waals surface area contributed by atoms with Crippen molar-refractivity contribution in [2.24, 2.45) is 0 Å². The van der Waals surface area contributed by atoms with E-state index in [4.69, 9.17) is 0 Å². The van der Waals surface area contributed by atoms with Gasteiger partial charge in [-0.25, -0.2) is 4.98 Å². The molecule has 1 aromatic heterocycles. The molecule has 2 aromatic rings. The summed E-state index contributed by atoms with van der Waals surface area (Å²) in [6.07, 6.45) is 3.01. The summed E-state index contributed by atoms with van der Waals surface area (Å²) in [5.41, 5.74) is 0.619. The van der Waals surface area contributed by atoms with Crippen LogP contribution < -0.4 is 5.32 Å². The summed E-state index contributed by atoms with van der Waals surface area (Å²) in [6, 6.07) is 8.18. The average Bonchev–Trinajstić information content (AvgIpc) is 2.69. The summed E-state index contributed by atoms with van der Waals surface area (Å²) in [6.45, 7) is 1.44. The van der Waals surface area contributed by atoms with Crippen molar-refractivity contribution in [2.75, 3.05) is 6.54 Å². The lowest BCUT2D eigenvalue weighted by molar-refractivity contribution is -0.0314. The van der Waals surface area contributed by atoms with E-state index in [1.165, 1.54) is 4.70 Å². The molecule has 0 unspecified atom stereocenters. The number of nitrogens with zero attached hydrogens (tertiary/aromatic N) is 1. The molecule has 1 aromatic carbocycles. The Kier molecular flexibility index (Phi) is 2.86. The summed E-state index contributed by atoms with van der Waals surface area (Å²) < 4.78 is 1.23. The maximum atomic E-state index is 9.95. The first-order valence-corrected chi connectivity index (χ1v) is 6.84. The van der Waals surface area contributed by atoms with Gasteiger partial charge in [-0.2, -0.15) is 0 Å². The van der Waals surface area contributed by atoms with Crippen LogP contribution in [0.25, 0.3) is 10.2 Å². The second-order valence-corrected chi connectivity index (χ2v) is 5.87. The molecule has 0 radical (unpaired) electrons. The van der Waals surface area contributed by atoms with Crippen molar-refractivity contribution in [2.45, 2.75) is 31.4 Å². The first kappa shape index (κ1) is 11.1. The molecule has 3 nitrogen and oxygen atoms in total. The molecule has 0 aliphatic heterocycles. The third kappa shape index (κ3) is 2.34. The van der Waals surface area contributed by atoms with Crippen LogP contribution in [0.15, 0.2) is 24.3 Å². The van der Waals surface area contributed by atoms with Crippen LogP contribution in [0.1, 0.15) is 24.3 Å². The van der Waals surface area contributed by atoms with Gasteiger partial charge in [0.05, 0.1) is 15.8 Å². The molecule has 0 saturated heterocycles. The average molecular weight is 248 g/mol. The van der Waals surface area contributed by atoms with Gasteiger partial charge in [0.25, 0.3) is 0 Å². The molecule has 1 heterocycles. The van der Waals surface area contributed by atoms with Gasteiger partial charge in [-0.15, -0.1) is 11.3 Å². The van der Waals surface area contributed by atoms with Crippen LogP contribution in [0.2, 0.25) is 0 Å². The van der Waals surface area contributed by atoms with Gasteiger partial charge in [0.1, 0.15) is 5.01 Å². The molecule has 17 heavy (non-hydrogen) atoms. The van der Waals surface area contributed by atoms with E-state index in [-0.39, 0.29) is 0 Å². The van der Waals surface area contributed by atoms with Crippen LogP contribution in [0.5, 0.6) is 0 Å². The number of hydrogen-bond donors (Lipinski definition) is 2. The Hall–Kier alpha value is -0.970. The monoisotopic (exact) mass is 248 g/mol. The second-order valence-electron chi connectivity index (χ2n) is 4.76. The Morgan fingerprint density at radius 3 is 2.88 bits per heavy atom. The van der Waals surface area contributed by atoms with Gasteiger partial charge in [-0.1, -0.05) is 12.1 Å². The molecular formula is C13H16N2OS. The fourth-order valence-electron chi connectivity index (χ4n) is 2.16. The lowest BCUT2D eigenvalue weighted by Crippen LogP contribution is -2.45. The van der Waals surface area contributed by atoms with E-state index >= 15 is 0 Å². The molecule has 1 aliphatic rings. The Balaban J connectivity index is 1.61. The van der Waals surface area contributed by atoms with Gasteiger partial charge < -0.3 is 10.4 Å². The Morgan fingerprint density at radius 2 is 2.18 bits per heavy atom. The van der Waals surface area contributed by atoms with Gasteiger partial charge in [-0.3, -0.25) is 0 Å². The fourth-order valence-corrected chi connectivity index (χ4v) is 3.10. The molecule has 1 saturated carbocycles. The normalized spacial score (nSPS) is 18.2. The van der Waals surface area contributed by atoms with E-state index in [0.717, 1.165) is 36.3 Å². The van der Waals surface area contributed by atoms with E-state index < -0.39 is 5.60 Å². The van der Waals surface area contributed by atoms with Gasteiger partial charge in [-0.05, 0) is 31.4 Å². The number of rotatable bonds is 4. The first-order valence-electron chi connectivity index (χ1n) is 6.03. The van der Waals surface area contributed by atoms with Crippen molar-refractivity contribution >= 4 is 21.6 Å². The molecule has 4 heteroatoms. The van der Waals surface area contributed by atoms with Crippen LogP contribution >= 0.6 is 11.3 Å². The lowest BCUT2D eigenvalue weighted by atomic mass is 9.80. The fraction of sp³-hybridized carbons (Fsp3) is 0.462. The maximum absolute atomic E-state index is 9.95. The molecular weight excluding hydrogens is 232 g/mol. The van der Waals surface area contributed by atoms with Gasteiger partial charge in [0, 0.05) is 13.1 Å². The third-order valence-electron chi connectivity index (χ3n) is 3.35. The minimum atomic E-state index is -0.448. The van der Waals surface area contributed by atoms with Crippen molar-refractivity contribution in [3.63, 3.8) is 0 Å². The molecule has 90 valence electrons. The number of aromatic nitrogens is 1. The highest BCUT2D eigenvalue weighted by Crippen LogP contribution is 2.30. The number of thiazole rings is 1. The van der Waals surface area contributed by atoms with Crippen LogP contribution in [0.3, 0.4) is 0 Å². The standard InChI is InChI=1S/C13H16N2OS/c16-13(6-3-7-13)9-14-8-12-15-10-4-1-2-5-11(10)17-12/h1-2,4-5,14,16H,3,6-9H2. The minimum Gasteiger partial charge on any atom is -0.389 e.